The Labute approximate surface area is 103 Å². The van der Waals surface area contributed by atoms with Gasteiger partial charge in [0.2, 0.25) is 5.91 Å². The number of carbonyl (C=O) groups is 1. The Morgan fingerprint density at radius 3 is 2.88 bits per heavy atom. The molecule has 0 aromatic heterocycles. The zero-order chi connectivity index (χ0) is 12.1. The summed E-state index contributed by atoms with van der Waals surface area (Å²) < 4.78 is 0. The Morgan fingerprint density at radius 2 is 2.18 bits per heavy atom. The van der Waals surface area contributed by atoms with Crippen molar-refractivity contribution in [3.05, 3.63) is 35.9 Å². The third kappa shape index (κ3) is 3.56. The highest BCUT2D eigenvalue weighted by atomic mass is 16.1. The summed E-state index contributed by atoms with van der Waals surface area (Å²) in [6.07, 6.45) is 2.69. The average molecular weight is 232 g/mol. The number of benzene rings is 1. The summed E-state index contributed by atoms with van der Waals surface area (Å²) in [6, 6.07) is 10.5. The Balaban J connectivity index is 1.84. The molecular weight excluding hydrogens is 212 g/mol. The van der Waals surface area contributed by atoms with Crippen molar-refractivity contribution in [3.8, 4) is 0 Å². The molecule has 1 heterocycles. The molecule has 1 amide bonds. The van der Waals surface area contributed by atoms with Crippen LogP contribution in [0.5, 0.6) is 0 Å². The van der Waals surface area contributed by atoms with E-state index in [4.69, 9.17) is 0 Å². The first-order chi connectivity index (χ1) is 8.25. The normalized spacial score (nSPS) is 24.3. The molecule has 1 fully saturated rings. The van der Waals surface area contributed by atoms with Crippen molar-refractivity contribution in [2.24, 2.45) is 0 Å². The van der Waals surface area contributed by atoms with E-state index in [1.54, 1.807) is 0 Å². The maximum atomic E-state index is 11.9. The van der Waals surface area contributed by atoms with Crippen molar-refractivity contribution in [1.82, 2.24) is 10.6 Å². The molecule has 1 aliphatic rings. The zero-order valence-corrected chi connectivity index (χ0v) is 10.3. The lowest BCUT2D eigenvalue weighted by atomic mass is 9.99. The maximum Gasteiger partial charge on any atom is 0.224 e. The molecule has 0 bridgehead atoms. The molecular formula is C14H20N2O. The summed E-state index contributed by atoms with van der Waals surface area (Å²) in [6.45, 7) is 3.19. The van der Waals surface area contributed by atoms with Crippen molar-refractivity contribution in [3.63, 3.8) is 0 Å². The summed E-state index contributed by atoms with van der Waals surface area (Å²) >= 11 is 0. The van der Waals surface area contributed by atoms with Gasteiger partial charge in [-0.25, -0.2) is 0 Å². The Kier molecular flexibility index (Phi) is 4.15. The van der Waals surface area contributed by atoms with Crippen LogP contribution < -0.4 is 10.6 Å². The second-order valence-corrected chi connectivity index (χ2v) is 4.72. The van der Waals surface area contributed by atoms with Crippen LogP contribution in [0, 0.1) is 0 Å². The third-order valence-corrected chi connectivity index (χ3v) is 3.32. The van der Waals surface area contributed by atoms with Crippen molar-refractivity contribution < 1.29 is 4.79 Å². The molecule has 0 radical (unpaired) electrons. The van der Waals surface area contributed by atoms with Gasteiger partial charge < -0.3 is 10.6 Å². The Morgan fingerprint density at radius 1 is 1.41 bits per heavy atom. The average Bonchev–Trinajstić information content (AvgIpc) is 2.33. The fourth-order valence-electron chi connectivity index (χ4n) is 2.28. The SMILES string of the molecule is CC1NCCCC1NC(=O)Cc1ccccc1. The fraction of sp³-hybridized carbons (Fsp3) is 0.500. The van der Waals surface area contributed by atoms with Crippen molar-refractivity contribution in [1.29, 1.82) is 0 Å². The largest absolute Gasteiger partial charge is 0.352 e. The van der Waals surface area contributed by atoms with Crippen LogP contribution in [0.4, 0.5) is 0 Å². The van der Waals surface area contributed by atoms with Crippen LogP contribution in [0.25, 0.3) is 0 Å². The maximum absolute atomic E-state index is 11.9. The molecule has 1 saturated heterocycles. The highest BCUT2D eigenvalue weighted by Gasteiger charge is 2.22. The van der Waals surface area contributed by atoms with E-state index in [0.29, 0.717) is 12.5 Å². The van der Waals surface area contributed by atoms with Crippen LogP contribution >= 0.6 is 0 Å². The first kappa shape index (κ1) is 12.1. The predicted molar refractivity (Wildman–Crippen MR) is 68.8 cm³/mol. The van der Waals surface area contributed by atoms with E-state index in [2.05, 4.69) is 17.6 Å². The number of piperidine rings is 1. The molecule has 92 valence electrons. The minimum atomic E-state index is 0.122. The monoisotopic (exact) mass is 232 g/mol. The molecule has 3 nitrogen and oxygen atoms in total. The van der Waals surface area contributed by atoms with E-state index in [1.807, 2.05) is 30.3 Å². The summed E-state index contributed by atoms with van der Waals surface area (Å²) in [4.78, 5) is 11.9. The van der Waals surface area contributed by atoms with Crippen molar-refractivity contribution >= 4 is 5.91 Å². The van der Waals surface area contributed by atoms with Gasteiger partial charge >= 0.3 is 0 Å². The lowest BCUT2D eigenvalue weighted by Gasteiger charge is -2.30. The van der Waals surface area contributed by atoms with Crippen LogP contribution in [0.1, 0.15) is 25.3 Å². The molecule has 0 aliphatic carbocycles. The summed E-state index contributed by atoms with van der Waals surface area (Å²) in [5.74, 6) is 0.122. The molecule has 2 atom stereocenters. The number of rotatable bonds is 3. The fourth-order valence-corrected chi connectivity index (χ4v) is 2.28. The second kappa shape index (κ2) is 5.82. The molecule has 1 aromatic carbocycles. The van der Waals surface area contributed by atoms with Gasteiger partial charge in [0.1, 0.15) is 0 Å². The van der Waals surface area contributed by atoms with Crippen LogP contribution in [-0.2, 0) is 11.2 Å². The van der Waals surface area contributed by atoms with E-state index in [0.717, 1.165) is 24.9 Å². The predicted octanol–water partition coefficient (Wildman–Crippen LogP) is 1.49. The van der Waals surface area contributed by atoms with E-state index in [9.17, 15) is 4.79 Å². The van der Waals surface area contributed by atoms with Crippen molar-refractivity contribution in [2.75, 3.05) is 6.54 Å². The zero-order valence-electron chi connectivity index (χ0n) is 10.3. The molecule has 1 aliphatic heterocycles. The standard InChI is InChI=1S/C14H20N2O/c1-11-13(8-5-9-15-11)16-14(17)10-12-6-3-2-4-7-12/h2-4,6-7,11,13,15H,5,8-10H2,1H3,(H,16,17). The number of hydrogen-bond acceptors (Lipinski definition) is 2. The summed E-state index contributed by atoms with van der Waals surface area (Å²) in [7, 11) is 0. The molecule has 2 N–H and O–H groups in total. The van der Waals surface area contributed by atoms with E-state index < -0.39 is 0 Å². The van der Waals surface area contributed by atoms with E-state index in [1.165, 1.54) is 0 Å². The third-order valence-electron chi connectivity index (χ3n) is 3.32. The first-order valence-corrected chi connectivity index (χ1v) is 6.32. The molecule has 0 spiro atoms. The van der Waals surface area contributed by atoms with Gasteiger partial charge in [-0.3, -0.25) is 4.79 Å². The molecule has 1 aromatic rings. The van der Waals surface area contributed by atoms with E-state index >= 15 is 0 Å². The van der Waals surface area contributed by atoms with Crippen molar-refractivity contribution in [2.45, 2.75) is 38.3 Å². The van der Waals surface area contributed by atoms with Gasteiger partial charge in [-0.2, -0.15) is 0 Å². The summed E-state index contributed by atoms with van der Waals surface area (Å²) in [5.41, 5.74) is 1.07. The topological polar surface area (TPSA) is 41.1 Å². The smallest absolute Gasteiger partial charge is 0.224 e. The quantitative estimate of drug-likeness (QED) is 0.829. The minimum Gasteiger partial charge on any atom is -0.352 e. The van der Waals surface area contributed by atoms with Gasteiger partial charge in [0.15, 0.2) is 0 Å². The van der Waals surface area contributed by atoms with Gasteiger partial charge in [0.05, 0.1) is 6.42 Å². The molecule has 17 heavy (non-hydrogen) atoms. The molecule has 3 heteroatoms. The lowest BCUT2D eigenvalue weighted by Crippen LogP contribution is -2.52. The highest BCUT2D eigenvalue weighted by Crippen LogP contribution is 2.08. The number of nitrogens with one attached hydrogen (secondary N) is 2. The first-order valence-electron chi connectivity index (χ1n) is 6.32. The summed E-state index contributed by atoms with van der Waals surface area (Å²) in [5, 5.41) is 6.50. The second-order valence-electron chi connectivity index (χ2n) is 4.72. The Hall–Kier alpha value is -1.35. The van der Waals surface area contributed by atoms with Crippen LogP contribution in [-0.4, -0.2) is 24.5 Å². The molecule has 2 unspecified atom stereocenters. The van der Waals surface area contributed by atoms with Gasteiger partial charge in [-0.15, -0.1) is 0 Å². The van der Waals surface area contributed by atoms with Gasteiger partial charge in [0, 0.05) is 12.1 Å². The Bertz CT molecular complexity index is 364. The van der Waals surface area contributed by atoms with Gasteiger partial charge in [-0.1, -0.05) is 30.3 Å². The molecule has 2 rings (SSSR count). The van der Waals surface area contributed by atoms with Crippen LogP contribution in [0.15, 0.2) is 30.3 Å². The number of carbonyl (C=O) groups excluding carboxylic acids is 1. The van der Waals surface area contributed by atoms with Gasteiger partial charge in [-0.05, 0) is 31.9 Å². The molecule has 0 saturated carbocycles. The minimum absolute atomic E-state index is 0.122. The number of amides is 1. The number of hydrogen-bond donors (Lipinski definition) is 2. The van der Waals surface area contributed by atoms with E-state index in [-0.39, 0.29) is 11.9 Å². The van der Waals surface area contributed by atoms with Crippen LogP contribution in [0.3, 0.4) is 0 Å². The lowest BCUT2D eigenvalue weighted by molar-refractivity contribution is -0.121. The highest BCUT2D eigenvalue weighted by molar-refractivity contribution is 5.78. The van der Waals surface area contributed by atoms with Crippen LogP contribution in [0.2, 0.25) is 0 Å². The van der Waals surface area contributed by atoms with Gasteiger partial charge in [0.25, 0.3) is 0 Å².